The third-order valence-corrected chi connectivity index (χ3v) is 4.44. The summed E-state index contributed by atoms with van der Waals surface area (Å²) in [6, 6.07) is 1.53. The molecule has 6 heteroatoms. The maximum absolute atomic E-state index is 12.1. The summed E-state index contributed by atoms with van der Waals surface area (Å²) in [5.74, 6) is -0.504. The van der Waals surface area contributed by atoms with Crippen LogP contribution in [0.2, 0.25) is 5.22 Å². The predicted octanol–water partition coefficient (Wildman–Crippen LogP) is 3.18. The van der Waals surface area contributed by atoms with Crippen LogP contribution >= 0.6 is 11.6 Å². The van der Waals surface area contributed by atoms with Crippen LogP contribution in [-0.2, 0) is 9.53 Å². The number of hydrogen-bond acceptors (Lipinski definition) is 4. The molecule has 1 amide bonds. The molecular weight excluding hydrogens is 294 g/mol. The summed E-state index contributed by atoms with van der Waals surface area (Å²) < 4.78 is 9.70. The van der Waals surface area contributed by atoms with Crippen LogP contribution in [0.15, 0.2) is 16.7 Å². The number of esters is 1. The molecule has 2 rings (SSSR count). The van der Waals surface area contributed by atoms with Crippen LogP contribution in [0.1, 0.15) is 48.9 Å². The molecule has 0 spiro atoms. The van der Waals surface area contributed by atoms with Gasteiger partial charge in [-0.05, 0) is 35.9 Å². The van der Waals surface area contributed by atoms with Crippen LogP contribution in [0.4, 0.5) is 0 Å². The molecule has 0 bridgehead atoms. The first-order valence-corrected chi connectivity index (χ1v) is 7.52. The smallest absolute Gasteiger partial charge is 0.306 e. The van der Waals surface area contributed by atoms with E-state index in [9.17, 15) is 9.59 Å². The lowest BCUT2D eigenvalue weighted by Crippen LogP contribution is -2.40. The Bertz CT molecular complexity index is 506. The van der Waals surface area contributed by atoms with Crippen molar-refractivity contribution in [3.8, 4) is 0 Å². The van der Waals surface area contributed by atoms with Gasteiger partial charge in [-0.3, -0.25) is 9.59 Å². The van der Waals surface area contributed by atoms with Gasteiger partial charge in [0, 0.05) is 6.54 Å². The molecular formula is C15H20ClNO4. The third kappa shape index (κ3) is 4.00. The largest absolute Gasteiger partial charge is 0.469 e. The molecule has 1 saturated carbocycles. The number of rotatable bonds is 5. The molecule has 1 N–H and O–H groups in total. The van der Waals surface area contributed by atoms with Crippen molar-refractivity contribution in [1.82, 2.24) is 5.32 Å². The summed E-state index contributed by atoms with van der Waals surface area (Å²) >= 11 is 5.80. The summed E-state index contributed by atoms with van der Waals surface area (Å²) in [7, 11) is 1.39. The Morgan fingerprint density at radius 1 is 1.38 bits per heavy atom. The molecule has 21 heavy (non-hydrogen) atoms. The van der Waals surface area contributed by atoms with Gasteiger partial charge in [-0.2, -0.15) is 0 Å². The summed E-state index contributed by atoms with van der Waals surface area (Å²) in [4.78, 5) is 23.7. The summed E-state index contributed by atoms with van der Waals surface area (Å²) in [5, 5.41) is 2.96. The van der Waals surface area contributed by atoms with Gasteiger partial charge in [0.1, 0.15) is 0 Å². The van der Waals surface area contributed by atoms with Gasteiger partial charge < -0.3 is 14.5 Å². The van der Waals surface area contributed by atoms with E-state index in [1.807, 2.05) is 0 Å². The maximum Gasteiger partial charge on any atom is 0.306 e. The van der Waals surface area contributed by atoms with Crippen LogP contribution in [-0.4, -0.2) is 25.5 Å². The van der Waals surface area contributed by atoms with Crippen molar-refractivity contribution in [3.63, 3.8) is 0 Å². The number of methoxy groups -OCH3 is 1. The van der Waals surface area contributed by atoms with Crippen LogP contribution in [0.3, 0.4) is 0 Å². The number of carbonyl (C=O) groups excluding carboxylic acids is 2. The predicted molar refractivity (Wildman–Crippen MR) is 78.2 cm³/mol. The minimum absolute atomic E-state index is 0.0816. The summed E-state index contributed by atoms with van der Waals surface area (Å²) in [6.45, 7) is 0.447. The molecule has 1 aromatic rings. The maximum atomic E-state index is 12.1. The molecule has 0 saturated heterocycles. The van der Waals surface area contributed by atoms with Gasteiger partial charge in [-0.25, -0.2) is 0 Å². The normalized spacial score (nSPS) is 17.2. The Labute approximate surface area is 129 Å². The van der Waals surface area contributed by atoms with Crippen LogP contribution in [0.5, 0.6) is 0 Å². The molecule has 0 unspecified atom stereocenters. The highest BCUT2D eigenvalue weighted by atomic mass is 35.5. The lowest BCUT2D eigenvalue weighted by atomic mass is 9.71. The molecule has 0 aromatic carbocycles. The van der Waals surface area contributed by atoms with E-state index in [4.69, 9.17) is 20.8 Å². The van der Waals surface area contributed by atoms with Crippen molar-refractivity contribution in [2.45, 2.75) is 38.5 Å². The quantitative estimate of drug-likeness (QED) is 0.848. The molecule has 1 aromatic heterocycles. The number of halogens is 1. The molecule has 5 nitrogen and oxygen atoms in total. The van der Waals surface area contributed by atoms with Crippen molar-refractivity contribution >= 4 is 23.5 Å². The zero-order chi connectivity index (χ0) is 15.3. The fraction of sp³-hybridized carbons (Fsp3) is 0.600. The molecule has 0 atom stereocenters. The fourth-order valence-corrected chi connectivity index (χ4v) is 3.12. The molecule has 1 heterocycles. The van der Waals surface area contributed by atoms with E-state index in [1.165, 1.54) is 25.9 Å². The Kier molecular flexibility index (Phi) is 5.28. The van der Waals surface area contributed by atoms with Gasteiger partial charge in [0.25, 0.3) is 5.91 Å². The number of hydrogen-bond donors (Lipinski definition) is 1. The average Bonchev–Trinajstić information content (AvgIpc) is 2.92. The number of nitrogens with one attached hydrogen (secondary N) is 1. The second-order valence-electron chi connectivity index (χ2n) is 5.60. The molecule has 0 aliphatic heterocycles. The van der Waals surface area contributed by atoms with Gasteiger partial charge >= 0.3 is 5.97 Å². The van der Waals surface area contributed by atoms with E-state index in [0.29, 0.717) is 18.5 Å². The first-order chi connectivity index (χ1) is 10.1. The Hall–Kier alpha value is -1.49. The van der Waals surface area contributed by atoms with Gasteiger partial charge in [0.2, 0.25) is 5.22 Å². The number of furan rings is 1. The first-order valence-electron chi connectivity index (χ1n) is 7.14. The zero-order valence-corrected chi connectivity index (χ0v) is 12.9. The highest BCUT2D eigenvalue weighted by Crippen LogP contribution is 2.39. The van der Waals surface area contributed by atoms with E-state index in [-0.39, 0.29) is 22.5 Å². The molecule has 0 radical (unpaired) electrons. The van der Waals surface area contributed by atoms with Crippen LogP contribution in [0.25, 0.3) is 0 Å². The SMILES string of the molecule is COC(=O)CC1(CNC(=O)c2ccoc2Cl)CCCCC1. The topological polar surface area (TPSA) is 68.5 Å². The van der Waals surface area contributed by atoms with E-state index < -0.39 is 0 Å². The second kappa shape index (κ2) is 6.98. The monoisotopic (exact) mass is 313 g/mol. The second-order valence-corrected chi connectivity index (χ2v) is 5.95. The number of amides is 1. The first kappa shape index (κ1) is 15.9. The van der Waals surface area contributed by atoms with Crippen molar-refractivity contribution in [2.75, 3.05) is 13.7 Å². The molecule has 1 fully saturated rings. The molecule has 1 aliphatic rings. The van der Waals surface area contributed by atoms with Crippen LogP contribution in [0, 0.1) is 5.41 Å². The third-order valence-electron chi connectivity index (χ3n) is 4.15. The van der Waals surface area contributed by atoms with Gasteiger partial charge in [-0.15, -0.1) is 0 Å². The lowest BCUT2D eigenvalue weighted by molar-refractivity contribution is -0.144. The Morgan fingerprint density at radius 3 is 2.67 bits per heavy atom. The summed E-state index contributed by atoms with van der Waals surface area (Å²) in [5.41, 5.74) is 0.109. The van der Waals surface area contributed by atoms with Crippen LogP contribution < -0.4 is 5.32 Å². The van der Waals surface area contributed by atoms with Gasteiger partial charge in [0.15, 0.2) is 0 Å². The van der Waals surface area contributed by atoms with Crippen molar-refractivity contribution in [1.29, 1.82) is 0 Å². The highest BCUT2D eigenvalue weighted by Gasteiger charge is 2.35. The van der Waals surface area contributed by atoms with E-state index in [2.05, 4.69) is 5.32 Å². The Morgan fingerprint density at radius 2 is 2.10 bits per heavy atom. The van der Waals surface area contributed by atoms with Crippen molar-refractivity contribution < 1.29 is 18.7 Å². The van der Waals surface area contributed by atoms with Crippen molar-refractivity contribution in [3.05, 3.63) is 23.1 Å². The molecule has 116 valence electrons. The Balaban J connectivity index is 2.00. The lowest BCUT2D eigenvalue weighted by Gasteiger charge is -2.36. The summed E-state index contributed by atoms with van der Waals surface area (Å²) in [6.07, 6.45) is 6.86. The molecule has 1 aliphatic carbocycles. The van der Waals surface area contributed by atoms with E-state index in [0.717, 1.165) is 25.7 Å². The zero-order valence-electron chi connectivity index (χ0n) is 12.1. The van der Waals surface area contributed by atoms with Crippen molar-refractivity contribution in [2.24, 2.45) is 5.41 Å². The fourth-order valence-electron chi connectivity index (χ4n) is 2.91. The number of carbonyl (C=O) groups is 2. The minimum atomic E-state index is -0.274. The van der Waals surface area contributed by atoms with Gasteiger partial charge in [-0.1, -0.05) is 19.3 Å². The average molecular weight is 314 g/mol. The number of ether oxygens (including phenoxy) is 1. The van der Waals surface area contributed by atoms with E-state index in [1.54, 1.807) is 0 Å². The van der Waals surface area contributed by atoms with Gasteiger partial charge in [0.05, 0.1) is 25.4 Å². The minimum Gasteiger partial charge on any atom is -0.469 e. The highest BCUT2D eigenvalue weighted by molar-refractivity contribution is 6.32. The standard InChI is InChI=1S/C15H20ClNO4/c1-20-12(18)9-15(6-3-2-4-7-15)10-17-14(19)11-5-8-21-13(11)16/h5,8H,2-4,6-7,9-10H2,1H3,(H,17,19). The van der Waals surface area contributed by atoms with E-state index >= 15 is 0 Å².